The van der Waals surface area contributed by atoms with Crippen LogP contribution in [-0.4, -0.2) is 35.9 Å². The molecular weight excluding hydrogens is 384 g/mol. The highest BCUT2D eigenvalue weighted by Crippen LogP contribution is 2.36. The number of carbonyl (C=O) groups excluding carboxylic acids is 3. The molecule has 2 aromatic carbocycles. The molecular formula is C23H24N2O5. The highest BCUT2D eigenvalue weighted by atomic mass is 16.6. The van der Waals surface area contributed by atoms with Crippen molar-refractivity contribution in [3.63, 3.8) is 0 Å². The first-order chi connectivity index (χ1) is 14.4. The van der Waals surface area contributed by atoms with E-state index in [1.54, 1.807) is 6.07 Å². The van der Waals surface area contributed by atoms with E-state index in [1.807, 2.05) is 54.8 Å². The predicted octanol–water partition coefficient (Wildman–Crippen LogP) is 2.78. The van der Waals surface area contributed by atoms with Crippen LogP contribution in [0.25, 0.3) is 10.9 Å². The summed E-state index contributed by atoms with van der Waals surface area (Å²) < 4.78 is 12.3. The number of Topliss-reactive ketones (excluding diaryl/α,β-unsaturated/α-hetero) is 1. The molecule has 0 aliphatic rings. The smallest absolute Gasteiger partial charge is 0.343 e. The van der Waals surface area contributed by atoms with E-state index in [0.717, 1.165) is 16.6 Å². The quantitative estimate of drug-likeness (QED) is 0.351. The van der Waals surface area contributed by atoms with Crippen molar-refractivity contribution >= 4 is 28.6 Å². The number of rotatable bonds is 8. The van der Waals surface area contributed by atoms with Crippen molar-refractivity contribution in [2.75, 3.05) is 13.7 Å². The molecule has 0 atom stereocenters. The molecule has 7 nitrogen and oxygen atoms in total. The molecule has 0 spiro atoms. The summed E-state index contributed by atoms with van der Waals surface area (Å²) in [5, 5.41) is 0.473. The third-order valence-electron chi connectivity index (χ3n) is 4.92. The van der Waals surface area contributed by atoms with Gasteiger partial charge in [0, 0.05) is 12.2 Å². The molecule has 1 aromatic heterocycles. The van der Waals surface area contributed by atoms with Crippen molar-refractivity contribution < 1.29 is 23.9 Å². The van der Waals surface area contributed by atoms with E-state index >= 15 is 0 Å². The van der Waals surface area contributed by atoms with Gasteiger partial charge in [0.1, 0.15) is 5.75 Å². The van der Waals surface area contributed by atoms with Gasteiger partial charge in [-0.3, -0.25) is 9.59 Å². The second-order valence-electron chi connectivity index (χ2n) is 6.96. The van der Waals surface area contributed by atoms with E-state index in [-0.39, 0.29) is 12.2 Å². The number of ketones is 1. The first-order valence-electron chi connectivity index (χ1n) is 9.60. The Morgan fingerprint density at radius 3 is 2.40 bits per heavy atom. The fourth-order valence-corrected chi connectivity index (χ4v) is 3.61. The van der Waals surface area contributed by atoms with Gasteiger partial charge in [0.2, 0.25) is 0 Å². The van der Waals surface area contributed by atoms with Gasteiger partial charge in [0.05, 0.1) is 23.6 Å². The van der Waals surface area contributed by atoms with Crippen LogP contribution in [-0.2, 0) is 27.3 Å². The summed E-state index contributed by atoms with van der Waals surface area (Å²) in [5.74, 6) is -2.04. The van der Waals surface area contributed by atoms with Crippen molar-refractivity contribution in [3.8, 4) is 5.75 Å². The molecule has 0 radical (unpaired) electrons. The lowest BCUT2D eigenvalue weighted by Crippen LogP contribution is -2.24. The number of aryl methyl sites for hydroxylation is 1. The molecule has 156 valence electrons. The molecule has 1 amide bonds. The zero-order valence-corrected chi connectivity index (χ0v) is 17.2. The fourth-order valence-electron chi connectivity index (χ4n) is 3.61. The van der Waals surface area contributed by atoms with E-state index in [0.29, 0.717) is 29.8 Å². The van der Waals surface area contributed by atoms with E-state index in [4.69, 9.17) is 10.5 Å². The number of ether oxygens (including phenoxy) is 2. The molecule has 0 aliphatic carbocycles. The average molecular weight is 408 g/mol. The summed E-state index contributed by atoms with van der Waals surface area (Å²) >= 11 is 0. The number of hydrogen-bond acceptors (Lipinski definition) is 5. The summed E-state index contributed by atoms with van der Waals surface area (Å²) in [6.45, 7) is 4.00. The fraction of sp³-hybridized carbons (Fsp3) is 0.261. The summed E-state index contributed by atoms with van der Waals surface area (Å²) in [5.41, 5.74) is 8.92. The molecule has 0 saturated carbocycles. The first kappa shape index (κ1) is 21.1. The summed E-state index contributed by atoms with van der Waals surface area (Å²) in [7, 11) is 1.27. The lowest BCUT2D eigenvalue weighted by Gasteiger charge is -2.12. The number of hydrogen-bond donors (Lipinski definition) is 1. The maximum atomic E-state index is 12.8. The van der Waals surface area contributed by atoms with Crippen LogP contribution in [0.2, 0.25) is 0 Å². The molecule has 0 bridgehead atoms. The van der Waals surface area contributed by atoms with Crippen molar-refractivity contribution in [1.82, 2.24) is 4.57 Å². The van der Waals surface area contributed by atoms with Gasteiger partial charge in [0.25, 0.3) is 11.7 Å². The molecule has 1 heterocycles. The third kappa shape index (κ3) is 4.05. The van der Waals surface area contributed by atoms with Gasteiger partial charge in [-0.25, -0.2) is 4.79 Å². The van der Waals surface area contributed by atoms with Crippen LogP contribution in [0.3, 0.4) is 0 Å². The third-order valence-corrected chi connectivity index (χ3v) is 4.92. The molecule has 30 heavy (non-hydrogen) atoms. The van der Waals surface area contributed by atoms with Gasteiger partial charge in [-0.05, 0) is 36.6 Å². The summed E-state index contributed by atoms with van der Waals surface area (Å²) in [6, 6.07) is 13.5. The number of esters is 1. The number of methoxy groups -OCH3 is 1. The second-order valence-corrected chi connectivity index (χ2v) is 6.96. The highest BCUT2D eigenvalue weighted by molar-refractivity contribution is 6.45. The van der Waals surface area contributed by atoms with Gasteiger partial charge < -0.3 is 19.8 Å². The molecule has 3 rings (SSSR count). The molecule has 3 aromatic rings. The van der Waals surface area contributed by atoms with Crippen LogP contribution >= 0.6 is 0 Å². The lowest BCUT2D eigenvalue weighted by molar-refractivity contribution is -0.142. The summed E-state index contributed by atoms with van der Waals surface area (Å²) in [4.78, 5) is 36.2. The minimum Gasteiger partial charge on any atom is -0.481 e. The Labute approximate surface area is 174 Å². The van der Waals surface area contributed by atoms with Crippen LogP contribution in [0.1, 0.15) is 34.1 Å². The van der Waals surface area contributed by atoms with E-state index < -0.39 is 17.7 Å². The molecule has 0 saturated heterocycles. The molecule has 0 fully saturated rings. The highest BCUT2D eigenvalue weighted by Gasteiger charge is 2.27. The Kier molecular flexibility index (Phi) is 6.20. The number of nitrogens with two attached hydrogens (primary N) is 1. The number of aromatic nitrogens is 1. The zero-order chi connectivity index (χ0) is 21.8. The molecule has 2 N–H and O–H groups in total. The Balaban J connectivity index is 2.29. The number of fused-ring (bicyclic) bond motifs is 1. The van der Waals surface area contributed by atoms with Crippen LogP contribution in [0.4, 0.5) is 0 Å². The topological polar surface area (TPSA) is 101 Å². The maximum absolute atomic E-state index is 12.8. The van der Waals surface area contributed by atoms with Crippen LogP contribution in [0.15, 0.2) is 42.5 Å². The van der Waals surface area contributed by atoms with Crippen LogP contribution in [0.5, 0.6) is 5.75 Å². The van der Waals surface area contributed by atoms with E-state index in [1.165, 1.54) is 7.11 Å². The molecule has 0 unspecified atom stereocenters. The van der Waals surface area contributed by atoms with E-state index in [2.05, 4.69) is 4.74 Å². The first-order valence-corrected chi connectivity index (χ1v) is 9.60. The van der Waals surface area contributed by atoms with Gasteiger partial charge in [0.15, 0.2) is 6.61 Å². The largest absolute Gasteiger partial charge is 0.481 e. The Morgan fingerprint density at radius 1 is 1.10 bits per heavy atom. The SMILES string of the molecule is CCc1c(C(=O)C(N)=O)c2c(OCC(=O)OC)cc(C)cc2n1Cc1ccccc1. The van der Waals surface area contributed by atoms with Crippen molar-refractivity contribution in [3.05, 3.63) is 64.8 Å². The Bertz CT molecular complexity index is 1120. The zero-order valence-electron chi connectivity index (χ0n) is 17.2. The monoisotopic (exact) mass is 408 g/mol. The van der Waals surface area contributed by atoms with Crippen molar-refractivity contribution in [1.29, 1.82) is 0 Å². The predicted molar refractivity (Wildman–Crippen MR) is 113 cm³/mol. The van der Waals surface area contributed by atoms with Gasteiger partial charge in [-0.1, -0.05) is 37.3 Å². The van der Waals surface area contributed by atoms with Crippen LogP contribution < -0.4 is 10.5 Å². The van der Waals surface area contributed by atoms with Crippen molar-refractivity contribution in [2.45, 2.75) is 26.8 Å². The minimum absolute atomic E-state index is 0.218. The average Bonchev–Trinajstić information content (AvgIpc) is 3.04. The second kappa shape index (κ2) is 8.82. The van der Waals surface area contributed by atoms with Crippen LogP contribution in [0, 0.1) is 6.92 Å². The number of nitrogens with zero attached hydrogens (tertiary/aromatic N) is 1. The lowest BCUT2D eigenvalue weighted by atomic mass is 10.0. The maximum Gasteiger partial charge on any atom is 0.343 e. The van der Waals surface area contributed by atoms with Gasteiger partial charge in [-0.2, -0.15) is 0 Å². The number of amides is 1. The van der Waals surface area contributed by atoms with Crippen molar-refractivity contribution in [2.24, 2.45) is 5.73 Å². The number of benzene rings is 2. The summed E-state index contributed by atoms with van der Waals surface area (Å²) in [6.07, 6.45) is 0.505. The van der Waals surface area contributed by atoms with E-state index in [9.17, 15) is 14.4 Å². The number of carbonyl (C=O) groups is 3. The number of primary amides is 1. The minimum atomic E-state index is -1.04. The Morgan fingerprint density at radius 2 is 1.80 bits per heavy atom. The van der Waals surface area contributed by atoms with Gasteiger partial charge in [-0.15, -0.1) is 0 Å². The van der Waals surface area contributed by atoms with Gasteiger partial charge >= 0.3 is 5.97 Å². The Hall–Kier alpha value is -3.61. The molecule has 7 heteroatoms. The molecule has 0 aliphatic heterocycles. The normalized spacial score (nSPS) is 10.8. The standard InChI is InChI=1S/C23H24N2O5/c1-4-16-21(22(27)23(24)28)20-17(25(16)12-15-8-6-5-7-9-15)10-14(2)11-18(20)30-13-19(26)29-3/h5-11H,4,12-13H2,1-3H3,(H2,24,28).